The van der Waals surface area contributed by atoms with Crippen LogP contribution >= 0.6 is 0 Å². The number of carbonyl (C=O) groups excluding carboxylic acids is 1. The van der Waals surface area contributed by atoms with Gasteiger partial charge in [0.1, 0.15) is 5.69 Å². The molecule has 0 saturated carbocycles. The molecule has 0 spiro atoms. The van der Waals surface area contributed by atoms with E-state index in [0.29, 0.717) is 24.0 Å². The summed E-state index contributed by atoms with van der Waals surface area (Å²) in [4.78, 5) is 21.8. The smallest absolute Gasteiger partial charge is 0.234 e. The number of nitrogens with zero attached hydrogens (tertiary/aromatic N) is 6. The highest BCUT2D eigenvalue weighted by atomic mass is 16.2. The van der Waals surface area contributed by atoms with Crippen LogP contribution in [-0.2, 0) is 11.3 Å². The number of anilines is 1. The van der Waals surface area contributed by atoms with Crippen molar-refractivity contribution in [3.63, 3.8) is 0 Å². The van der Waals surface area contributed by atoms with Crippen LogP contribution in [0.5, 0.6) is 0 Å². The lowest BCUT2D eigenvalue weighted by molar-refractivity contribution is -0.117. The molecule has 0 aliphatic carbocycles. The lowest BCUT2D eigenvalue weighted by Gasteiger charge is -2.37. The third kappa shape index (κ3) is 2.04. The van der Waals surface area contributed by atoms with Crippen molar-refractivity contribution < 1.29 is 4.79 Å². The number of rotatable bonds is 1. The standard InChI is InChI=1S/C13H16N6O/c1-9(20)18-7-13(2,3)8-19-11(16-17-12(18)19)10-6-14-4-5-15-10/h4-6H,7-8H2,1-3H3. The summed E-state index contributed by atoms with van der Waals surface area (Å²) in [6, 6.07) is 0. The van der Waals surface area contributed by atoms with Crippen LogP contribution in [0.3, 0.4) is 0 Å². The Morgan fingerprint density at radius 2 is 2.05 bits per heavy atom. The van der Waals surface area contributed by atoms with Crippen LogP contribution in [0.1, 0.15) is 20.8 Å². The first-order valence-corrected chi connectivity index (χ1v) is 6.46. The van der Waals surface area contributed by atoms with E-state index >= 15 is 0 Å². The van der Waals surface area contributed by atoms with Crippen LogP contribution in [-0.4, -0.2) is 37.2 Å². The average molecular weight is 272 g/mol. The van der Waals surface area contributed by atoms with E-state index in [1.165, 1.54) is 0 Å². The highest BCUT2D eigenvalue weighted by Gasteiger charge is 2.35. The second-order valence-corrected chi connectivity index (χ2v) is 5.77. The van der Waals surface area contributed by atoms with Crippen molar-refractivity contribution in [2.45, 2.75) is 27.3 Å². The van der Waals surface area contributed by atoms with Crippen LogP contribution in [0.15, 0.2) is 18.6 Å². The van der Waals surface area contributed by atoms with E-state index in [-0.39, 0.29) is 11.3 Å². The number of amides is 1. The summed E-state index contributed by atoms with van der Waals surface area (Å²) >= 11 is 0. The zero-order chi connectivity index (χ0) is 14.3. The number of carbonyl (C=O) groups is 1. The van der Waals surface area contributed by atoms with Gasteiger partial charge in [-0.3, -0.25) is 19.2 Å². The van der Waals surface area contributed by atoms with Crippen LogP contribution in [0, 0.1) is 5.41 Å². The molecule has 0 saturated heterocycles. The Morgan fingerprint density at radius 3 is 2.70 bits per heavy atom. The molecule has 0 unspecified atom stereocenters. The number of aromatic nitrogens is 5. The predicted octanol–water partition coefficient (Wildman–Crippen LogP) is 1.13. The van der Waals surface area contributed by atoms with E-state index < -0.39 is 0 Å². The van der Waals surface area contributed by atoms with Gasteiger partial charge in [0.15, 0.2) is 5.82 Å². The fourth-order valence-corrected chi connectivity index (χ4v) is 2.47. The monoisotopic (exact) mass is 272 g/mol. The fraction of sp³-hybridized carbons (Fsp3) is 0.462. The molecule has 0 radical (unpaired) electrons. The van der Waals surface area contributed by atoms with Gasteiger partial charge < -0.3 is 0 Å². The molecule has 2 aromatic rings. The highest BCUT2D eigenvalue weighted by molar-refractivity contribution is 5.90. The minimum absolute atomic E-state index is 0.0304. The molecule has 0 N–H and O–H groups in total. The molecule has 0 atom stereocenters. The Balaban J connectivity index is 2.13. The zero-order valence-corrected chi connectivity index (χ0v) is 11.7. The van der Waals surface area contributed by atoms with Crippen LogP contribution in [0.4, 0.5) is 5.95 Å². The molecule has 0 aromatic carbocycles. The molecule has 104 valence electrons. The minimum atomic E-state index is -0.0436. The van der Waals surface area contributed by atoms with E-state index in [2.05, 4.69) is 34.0 Å². The first-order valence-electron chi connectivity index (χ1n) is 6.46. The maximum absolute atomic E-state index is 11.8. The van der Waals surface area contributed by atoms with Crippen molar-refractivity contribution in [2.75, 3.05) is 11.4 Å². The Labute approximate surface area is 116 Å². The summed E-state index contributed by atoms with van der Waals surface area (Å²) in [5.41, 5.74) is 0.616. The van der Waals surface area contributed by atoms with Crippen molar-refractivity contribution in [1.82, 2.24) is 24.7 Å². The van der Waals surface area contributed by atoms with Gasteiger partial charge in [-0.15, -0.1) is 10.2 Å². The Hall–Kier alpha value is -2.31. The second-order valence-electron chi connectivity index (χ2n) is 5.77. The van der Waals surface area contributed by atoms with Crippen LogP contribution in [0.2, 0.25) is 0 Å². The fourth-order valence-electron chi connectivity index (χ4n) is 2.47. The largest absolute Gasteiger partial charge is 0.291 e. The number of hydrogen-bond acceptors (Lipinski definition) is 5. The van der Waals surface area contributed by atoms with E-state index in [0.717, 1.165) is 6.54 Å². The Morgan fingerprint density at radius 1 is 1.25 bits per heavy atom. The van der Waals surface area contributed by atoms with Gasteiger partial charge in [0, 0.05) is 37.8 Å². The minimum Gasteiger partial charge on any atom is -0.291 e. The topological polar surface area (TPSA) is 76.8 Å². The first-order chi connectivity index (χ1) is 9.48. The van der Waals surface area contributed by atoms with Gasteiger partial charge in [-0.1, -0.05) is 13.8 Å². The molecule has 1 aliphatic rings. The summed E-state index contributed by atoms with van der Waals surface area (Å²) in [5, 5.41) is 8.33. The molecular weight excluding hydrogens is 256 g/mol. The van der Waals surface area contributed by atoms with Gasteiger partial charge in [0.2, 0.25) is 11.9 Å². The maximum Gasteiger partial charge on any atom is 0.234 e. The summed E-state index contributed by atoms with van der Waals surface area (Å²) in [6.07, 6.45) is 4.88. The van der Waals surface area contributed by atoms with Crippen LogP contribution < -0.4 is 4.90 Å². The third-order valence-electron chi connectivity index (χ3n) is 3.32. The second kappa shape index (κ2) is 4.36. The maximum atomic E-state index is 11.8. The van der Waals surface area contributed by atoms with E-state index in [1.54, 1.807) is 30.4 Å². The average Bonchev–Trinajstić information content (AvgIpc) is 2.80. The van der Waals surface area contributed by atoms with Gasteiger partial charge >= 0.3 is 0 Å². The molecule has 20 heavy (non-hydrogen) atoms. The molecule has 3 rings (SSSR count). The van der Waals surface area contributed by atoms with E-state index in [9.17, 15) is 4.79 Å². The van der Waals surface area contributed by atoms with Gasteiger partial charge in [0.25, 0.3) is 0 Å². The quantitative estimate of drug-likeness (QED) is 0.777. The summed E-state index contributed by atoms with van der Waals surface area (Å²) in [6.45, 7) is 7.16. The summed E-state index contributed by atoms with van der Waals surface area (Å²) in [7, 11) is 0. The number of fused-ring (bicyclic) bond motifs is 1. The Bertz CT molecular complexity index is 648. The van der Waals surface area contributed by atoms with Crippen molar-refractivity contribution >= 4 is 11.9 Å². The van der Waals surface area contributed by atoms with Crippen LogP contribution in [0.25, 0.3) is 11.5 Å². The molecule has 2 aromatic heterocycles. The molecule has 0 fully saturated rings. The van der Waals surface area contributed by atoms with E-state index in [4.69, 9.17) is 0 Å². The predicted molar refractivity (Wildman–Crippen MR) is 72.9 cm³/mol. The summed E-state index contributed by atoms with van der Waals surface area (Å²) in [5.74, 6) is 1.20. The molecule has 3 heterocycles. The number of hydrogen-bond donors (Lipinski definition) is 0. The van der Waals surface area contributed by atoms with Crippen molar-refractivity contribution in [2.24, 2.45) is 5.41 Å². The van der Waals surface area contributed by atoms with Gasteiger partial charge in [-0.05, 0) is 0 Å². The zero-order valence-electron chi connectivity index (χ0n) is 11.7. The lowest BCUT2D eigenvalue weighted by atomic mass is 9.91. The van der Waals surface area contributed by atoms with Crippen molar-refractivity contribution in [3.8, 4) is 11.5 Å². The first kappa shape index (κ1) is 12.7. The van der Waals surface area contributed by atoms with Crippen molar-refractivity contribution in [1.29, 1.82) is 0 Å². The van der Waals surface area contributed by atoms with Gasteiger partial charge in [0.05, 0.1) is 6.20 Å². The molecular formula is C13H16N6O. The van der Waals surface area contributed by atoms with E-state index in [1.807, 2.05) is 4.57 Å². The molecule has 7 nitrogen and oxygen atoms in total. The van der Waals surface area contributed by atoms with Gasteiger partial charge in [-0.2, -0.15) is 0 Å². The molecule has 1 aliphatic heterocycles. The van der Waals surface area contributed by atoms with Crippen molar-refractivity contribution in [3.05, 3.63) is 18.6 Å². The molecule has 0 bridgehead atoms. The third-order valence-corrected chi connectivity index (χ3v) is 3.32. The summed E-state index contributed by atoms with van der Waals surface area (Å²) < 4.78 is 1.94. The molecule has 7 heteroatoms. The SMILES string of the molecule is CC(=O)N1CC(C)(C)Cn2c(-c3cnccn3)nnc21. The lowest BCUT2D eigenvalue weighted by Crippen LogP contribution is -2.45. The molecule has 1 amide bonds. The van der Waals surface area contributed by atoms with Gasteiger partial charge in [-0.25, -0.2) is 4.98 Å². The Kier molecular flexibility index (Phi) is 2.77. The highest BCUT2D eigenvalue weighted by Crippen LogP contribution is 2.33. The normalized spacial score (nSPS) is 16.9.